The Morgan fingerprint density at radius 2 is 1.93 bits per heavy atom. The number of amides is 1. The summed E-state index contributed by atoms with van der Waals surface area (Å²) in [4.78, 5) is 24.2. The Morgan fingerprint density at radius 1 is 1.18 bits per heavy atom. The lowest BCUT2D eigenvalue weighted by atomic mass is 10.1. The summed E-state index contributed by atoms with van der Waals surface area (Å²) in [5.41, 5.74) is 1.71. The van der Waals surface area contributed by atoms with E-state index in [9.17, 15) is 14.7 Å². The molecular formula is C20H17ClN2O5. The van der Waals surface area contributed by atoms with E-state index >= 15 is 0 Å². The summed E-state index contributed by atoms with van der Waals surface area (Å²) in [6.45, 7) is 1.70. The van der Waals surface area contributed by atoms with Crippen molar-refractivity contribution in [1.29, 1.82) is 0 Å². The molecule has 28 heavy (non-hydrogen) atoms. The van der Waals surface area contributed by atoms with Gasteiger partial charge in [0.05, 0.1) is 41.8 Å². The topological polar surface area (TPSA) is 88.4 Å². The minimum atomic E-state index is -1.18. The fraction of sp³-hybridized carbons (Fsp3) is 0.150. The van der Waals surface area contributed by atoms with E-state index in [-0.39, 0.29) is 16.5 Å². The minimum absolute atomic E-state index is 0.0838. The van der Waals surface area contributed by atoms with Crippen LogP contribution >= 0.6 is 11.6 Å². The molecule has 8 heteroatoms. The fourth-order valence-corrected chi connectivity index (χ4v) is 2.97. The standard InChI is InChI=1S/C20H17ClN2O5/c1-11-15(9-12-8-14(27-2)5-7-18(12)28-3)19(24)23(22-11)13-4-6-17(21)16(10-13)20(25)26/h4-10H,1-3H3,(H,25,26). The normalized spacial score (nSPS) is 15.0. The van der Waals surface area contributed by atoms with Crippen LogP contribution in [0.5, 0.6) is 11.5 Å². The van der Waals surface area contributed by atoms with Gasteiger partial charge in [-0.05, 0) is 49.4 Å². The Hall–Kier alpha value is -3.32. The number of aromatic carboxylic acids is 1. The van der Waals surface area contributed by atoms with Crippen molar-refractivity contribution in [2.24, 2.45) is 5.10 Å². The van der Waals surface area contributed by atoms with Gasteiger partial charge in [0.15, 0.2) is 0 Å². The molecule has 144 valence electrons. The average molecular weight is 401 g/mol. The van der Waals surface area contributed by atoms with Crippen molar-refractivity contribution >= 4 is 41.0 Å². The van der Waals surface area contributed by atoms with Gasteiger partial charge in [-0.1, -0.05) is 11.6 Å². The fourth-order valence-electron chi connectivity index (χ4n) is 2.78. The van der Waals surface area contributed by atoms with Crippen LogP contribution < -0.4 is 14.5 Å². The van der Waals surface area contributed by atoms with Crippen molar-refractivity contribution in [3.63, 3.8) is 0 Å². The van der Waals surface area contributed by atoms with Crippen LogP contribution in [0.15, 0.2) is 47.1 Å². The Balaban J connectivity index is 2.01. The van der Waals surface area contributed by atoms with Crippen molar-refractivity contribution in [3.8, 4) is 11.5 Å². The molecule has 0 aliphatic carbocycles. The van der Waals surface area contributed by atoms with Gasteiger partial charge in [0.25, 0.3) is 5.91 Å². The molecule has 0 unspecified atom stereocenters. The average Bonchev–Trinajstić information content (AvgIpc) is 2.96. The predicted octanol–water partition coefficient (Wildman–Crippen LogP) is 3.86. The van der Waals surface area contributed by atoms with E-state index in [1.54, 1.807) is 44.4 Å². The molecule has 2 aromatic rings. The Bertz CT molecular complexity index is 1030. The number of carboxylic acids is 1. The van der Waals surface area contributed by atoms with Crippen LogP contribution in [-0.2, 0) is 4.79 Å². The summed E-state index contributed by atoms with van der Waals surface area (Å²) >= 11 is 5.90. The molecule has 0 saturated carbocycles. The molecule has 1 aliphatic heterocycles. The zero-order chi connectivity index (χ0) is 20.4. The molecule has 0 aromatic heterocycles. The summed E-state index contributed by atoms with van der Waals surface area (Å²) in [5.74, 6) is -0.377. The Labute approximate surface area is 166 Å². The summed E-state index contributed by atoms with van der Waals surface area (Å²) in [6.07, 6.45) is 1.66. The summed E-state index contributed by atoms with van der Waals surface area (Å²) in [5, 5.41) is 14.7. The third-order valence-corrected chi connectivity index (χ3v) is 4.55. The van der Waals surface area contributed by atoms with Gasteiger partial charge in [0, 0.05) is 5.56 Å². The number of carbonyl (C=O) groups is 2. The quantitative estimate of drug-likeness (QED) is 0.770. The SMILES string of the molecule is COc1ccc(OC)c(C=C2C(=O)N(c3ccc(Cl)c(C(=O)O)c3)N=C2C)c1. The highest BCUT2D eigenvalue weighted by Gasteiger charge is 2.30. The maximum absolute atomic E-state index is 12.9. The number of hydrogen-bond donors (Lipinski definition) is 1. The number of carboxylic acid groups (broad SMARTS) is 1. The van der Waals surface area contributed by atoms with E-state index in [4.69, 9.17) is 21.1 Å². The molecule has 1 amide bonds. The number of rotatable bonds is 5. The second-order valence-corrected chi connectivity index (χ2v) is 6.34. The molecule has 1 N–H and O–H groups in total. The molecule has 3 rings (SSSR count). The number of anilines is 1. The molecule has 1 heterocycles. The van der Waals surface area contributed by atoms with Crippen molar-refractivity contribution < 1.29 is 24.2 Å². The van der Waals surface area contributed by atoms with Crippen LogP contribution in [0.4, 0.5) is 5.69 Å². The van der Waals surface area contributed by atoms with E-state index in [1.807, 2.05) is 0 Å². The van der Waals surface area contributed by atoms with Crippen LogP contribution in [-0.4, -0.2) is 36.9 Å². The summed E-state index contributed by atoms with van der Waals surface area (Å²) in [7, 11) is 3.09. The molecule has 0 saturated heterocycles. The summed E-state index contributed by atoms with van der Waals surface area (Å²) < 4.78 is 10.6. The second kappa shape index (κ2) is 7.74. The smallest absolute Gasteiger partial charge is 0.337 e. The molecule has 1 aliphatic rings. The van der Waals surface area contributed by atoms with E-state index in [0.29, 0.717) is 34.0 Å². The van der Waals surface area contributed by atoms with Crippen molar-refractivity contribution in [2.75, 3.05) is 19.2 Å². The van der Waals surface area contributed by atoms with Gasteiger partial charge in [-0.15, -0.1) is 0 Å². The molecule has 2 aromatic carbocycles. The highest BCUT2D eigenvalue weighted by molar-refractivity contribution is 6.34. The Morgan fingerprint density at radius 3 is 2.57 bits per heavy atom. The monoisotopic (exact) mass is 400 g/mol. The first-order chi connectivity index (χ1) is 13.3. The van der Waals surface area contributed by atoms with E-state index in [1.165, 1.54) is 19.2 Å². The molecule has 0 radical (unpaired) electrons. The molecule has 0 fully saturated rings. The van der Waals surface area contributed by atoms with Gasteiger partial charge >= 0.3 is 5.97 Å². The van der Waals surface area contributed by atoms with Crippen LogP contribution in [0, 0.1) is 0 Å². The predicted molar refractivity (Wildman–Crippen MR) is 107 cm³/mol. The highest BCUT2D eigenvalue weighted by Crippen LogP contribution is 2.31. The van der Waals surface area contributed by atoms with Gasteiger partial charge in [-0.3, -0.25) is 4.79 Å². The third-order valence-electron chi connectivity index (χ3n) is 4.22. The first-order valence-corrected chi connectivity index (χ1v) is 8.60. The number of hydrazone groups is 1. The van der Waals surface area contributed by atoms with Crippen molar-refractivity contribution in [3.05, 3.63) is 58.1 Å². The lowest BCUT2D eigenvalue weighted by Gasteiger charge is -2.13. The van der Waals surface area contributed by atoms with Crippen LogP contribution in [0.3, 0.4) is 0 Å². The lowest BCUT2D eigenvalue weighted by Crippen LogP contribution is -2.21. The number of halogens is 1. The number of carbonyl (C=O) groups excluding carboxylic acids is 1. The first kappa shape index (κ1) is 19.4. The first-order valence-electron chi connectivity index (χ1n) is 8.22. The van der Waals surface area contributed by atoms with Crippen molar-refractivity contribution in [1.82, 2.24) is 0 Å². The lowest BCUT2D eigenvalue weighted by molar-refractivity contribution is -0.114. The van der Waals surface area contributed by atoms with E-state index < -0.39 is 5.97 Å². The molecule has 7 nitrogen and oxygen atoms in total. The largest absolute Gasteiger partial charge is 0.497 e. The maximum atomic E-state index is 12.9. The number of benzene rings is 2. The minimum Gasteiger partial charge on any atom is -0.497 e. The number of ether oxygens (including phenoxy) is 2. The van der Waals surface area contributed by atoms with Gasteiger partial charge in [-0.25, -0.2) is 4.79 Å². The van der Waals surface area contributed by atoms with Gasteiger partial charge in [0.2, 0.25) is 0 Å². The van der Waals surface area contributed by atoms with Crippen LogP contribution in [0.2, 0.25) is 5.02 Å². The molecule has 0 bridgehead atoms. The molecule has 0 spiro atoms. The van der Waals surface area contributed by atoms with Gasteiger partial charge in [-0.2, -0.15) is 10.1 Å². The molecule has 0 atom stereocenters. The van der Waals surface area contributed by atoms with Gasteiger partial charge in [0.1, 0.15) is 11.5 Å². The van der Waals surface area contributed by atoms with Gasteiger partial charge < -0.3 is 14.6 Å². The highest BCUT2D eigenvalue weighted by atomic mass is 35.5. The second-order valence-electron chi connectivity index (χ2n) is 5.94. The van der Waals surface area contributed by atoms with E-state index in [0.717, 1.165) is 5.01 Å². The number of hydrogen-bond acceptors (Lipinski definition) is 5. The zero-order valence-electron chi connectivity index (χ0n) is 15.4. The number of methoxy groups -OCH3 is 2. The third kappa shape index (κ3) is 3.57. The van der Waals surface area contributed by atoms with Crippen LogP contribution in [0.1, 0.15) is 22.8 Å². The molecular weight excluding hydrogens is 384 g/mol. The zero-order valence-corrected chi connectivity index (χ0v) is 16.1. The van der Waals surface area contributed by atoms with E-state index in [2.05, 4.69) is 5.10 Å². The van der Waals surface area contributed by atoms with Crippen LogP contribution in [0.25, 0.3) is 6.08 Å². The summed E-state index contributed by atoms with van der Waals surface area (Å²) in [6, 6.07) is 9.52. The Kier molecular flexibility index (Phi) is 5.37. The number of nitrogens with zero attached hydrogens (tertiary/aromatic N) is 2. The maximum Gasteiger partial charge on any atom is 0.337 e. The van der Waals surface area contributed by atoms with Crippen molar-refractivity contribution in [2.45, 2.75) is 6.92 Å².